The molecule has 2 N–H and O–H groups in total. The van der Waals surface area contributed by atoms with Crippen LogP contribution in [-0.4, -0.2) is 76.5 Å². The van der Waals surface area contributed by atoms with E-state index in [9.17, 15) is 9.50 Å². The van der Waals surface area contributed by atoms with Crippen molar-refractivity contribution in [3.05, 3.63) is 22.2 Å². The number of piperazine rings is 1. The normalized spacial score (nSPS) is 31.5. The van der Waals surface area contributed by atoms with Gasteiger partial charge in [0, 0.05) is 36.6 Å². The lowest BCUT2D eigenvalue weighted by Crippen LogP contribution is -2.51. The van der Waals surface area contributed by atoms with Crippen molar-refractivity contribution in [3.63, 3.8) is 0 Å². The Labute approximate surface area is 199 Å². The lowest BCUT2D eigenvalue weighted by atomic mass is 9.95. The molecule has 4 saturated heterocycles. The molecular weight excluding hydrogens is 496 g/mol. The number of nitrogens with one attached hydrogen (secondary N) is 1. The first-order valence-electron chi connectivity index (χ1n) is 11.8. The molecule has 0 spiro atoms. The fraction of sp³-hybridized carbons (Fsp3) is 0.652. The van der Waals surface area contributed by atoms with Gasteiger partial charge in [0.15, 0.2) is 5.82 Å². The third kappa shape index (κ3) is 3.61. The molecule has 0 saturated carbocycles. The predicted molar refractivity (Wildman–Crippen MR) is 124 cm³/mol. The van der Waals surface area contributed by atoms with Crippen molar-refractivity contribution in [2.45, 2.75) is 62.2 Å². The summed E-state index contributed by atoms with van der Waals surface area (Å²) < 4.78 is 35.5. The lowest BCUT2D eigenvalue weighted by molar-refractivity contribution is 0.0644. The highest BCUT2D eigenvalue weighted by atomic mass is 79.9. The summed E-state index contributed by atoms with van der Waals surface area (Å²) in [5.74, 6) is -0.879. The van der Waals surface area contributed by atoms with Gasteiger partial charge in [0.1, 0.15) is 23.8 Å². The van der Waals surface area contributed by atoms with Crippen molar-refractivity contribution in [2.24, 2.45) is 0 Å². The van der Waals surface area contributed by atoms with Gasteiger partial charge < -0.3 is 20.1 Å². The van der Waals surface area contributed by atoms with Crippen molar-refractivity contribution in [2.75, 3.05) is 37.7 Å². The maximum Gasteiger partial charge on any atom is 0.319 e. The maximum absolute atomic E-state index is 15.1. The predicted octanol–water partition coefficient (Wildman–Crippen LogP) is 2.98. The smallest absolute Gasteiger partial charge is 0.319 e. The van der Waals surface area contributed by atoms with E-state index in [0.717, 1.165) is 58.2 Å². The number of halogens is 3. The van der Waals surface area contributed by atoms with Gasteiger partial charge >= 0.3 is 6.01 Å². The van der Waals surface area contributed by atoms with Crippen LogP contribution in [0, 0.1) is 11.6 Å². The molecule has 2 bridgehead atoms. The number of benzene rings is 1. The highest BCUT2D eigenvalue weighted by Crippen LogP contribution is 2.43. The molecule has 1 aromatic carbocycles. The molecule has 10 heteroatoms. The number of hydrogen-bond donors (Lipinski definition) is 2. The summed E-state index contributed by atoms with van der Waals surface area (Å²) >= 11 is 3.01. The number of rotatable bonds is 5. The summed E-state index contributed by atoms with van der Waals surface area (Å²) in [5.41, 5.74) is -0.0725. The van der Waals surface area contributed by atoms with Crippen molar-refractivity contribution in [1.82, 2.24) is 20.2 Å². The fourth-order valence-electron chi connectivity index (χ4n) is 6.42. The minimum Gasteiger partial charge on any atom is -0.461 e. The second kappa shape index (κ2) is 8.25. The van der Waals surface area contributed by atoms with Crippen LogP contribution in [0.2, 0.25) is 0 Å². The van der Waals surface area contributed by atoms with Gasteiger partial charge in [-0.05, 0) is 67.1 Å². The molecule has 4 aliphatic rings. The third-order valence-corrected chi connectivity index (χ3v) is 8.74. The summed E-state index contributed by atoms with van der Waals surface area (Å²) in [6.45, 7) is 2.96. The molecule has 4 fully saturated rings. The minimum atomic E-state index is -0.738. The number of ether oxygens (including phenoxy) is 1. The van der Waals surface area contributed by atoms with Crippen LogP contribution < -0.4 is 15.0 Å². The first-order valence-corrected chi connectivity index (χ1v) is 12.6. The van der Waals surface area contributed by atoms with E-state index in [1.807, 2.05) is 0 Å². The van der Waals surface area contributed by atoms with Gasteiger partial charge in [-0.25, -0.2) is 8.78 Å². The number of anilines is 1. The quantitative estimate of drug-likeness (QED) is 0.583. The zero-order valence-electron chi connectivity index (χ0n) is 18.4. The Morgan fingerprint density at radius 2 is 1.97 bits per heavy atom. The second-order valence-corrected chi connectivity index (χ2v) is 10.7. The Hall–Kier alpha value is -1.62. The summed E-state index contributed by atoms with van der Waals surface area (Å²) in [6.07, 6.45) is 6.13. The molecule has 0 radical (unpaired) electrons. The molecule has 4 unspecified atom stereocenters. The van der Waals surface area contributed by atoms with Crippen LogP contribution in [0.5, 0.6) is 6.01 Å². The van der Waals surface area contributed by atoms with E-state index in [4.69, 9.17) is 9.72 Å². The molecule has 2 aromatic rings. The highest BCUT2D eigenvalue weighted by Gasteiger charge is 2.49. The average molecular weight is 524 g/mol. The monoisotopic (exact) mass is 523 g/mol. The van der Waals surface area contributed by atoms with Crippen LogP contribution in [0.15, 0.2) is 10.5 Å². The highest BCUT2D eigenvalue weighted by molar-refractivity contribution is 9.10. The van der Waals surface area contributed by atoms with E-state index in [1.165, 1.54) is 6.07 Å². The summed E-state index contributed by atoms with van der Waals surface area (Å²) in [6, 6.07) is 2.30. The Bertz CT molecular complexity index is 1080. The van der Waals surface area contributed by atoms with Gasteiger partial charge in [0.05, 0.1) is 16.6 Å². The van der Waals surface area contributed by atoms with E-state index in [0.29, 0.717) is 29.9 Å². The average Bonchev–Trinajstić information content (AvgIpc) is 3.48. The van der Waals surface area contributed by atoms with Gasteiger partial charge in [-0.1, -0.05) is 0 Å². The molecule has 1 aromatic heterocycles. The Kier molecular flexibility index (Phi) is 5.47. The topological polar surface area (TPSA) is 73.8 Å². The van der Waals surface area contributed by atoms with Crippen molar-refractivity contribution in [1.29, 1.82) is 0 Å². The SMILES string of the molecule is OCC1CCC2(COc3nc(N4CC5CCC(C4)N5)c4cc(F)c(Br)c(F)c4n3)CCCN12. The fourth-order valence-corrected chi connectivity index (χ4v) is 6.72. The molecule has 7 nitrogen and oxygen atoms in total. The number of fused-ring (bicyclic) bond motifs is 4. The second-order valence-electron chi connectivity index (χ2n) is 9.94. The van der Waals surface area contributed by atoms with Gasteiger partial charge in [-0.3, -0.25) is 4.90 Å². The molecular formula is C23H28BrF2N5O2. The Morgan fingerprint density at radius 1 is 1.18 bits per heavy atom. The van der Waals surface area contributed by atoms with E-state index in [2.05, 4.69) is 36.0 Å². The standard InChI is InChI=1S/C23H28BrF2N5O2/c24-18-17(25)8-16-20(19(18)26)28-22(29-21(16)30-9-13-2-3-14(10-30)27-13)33-12-23-5-1-7-31(23)15(11-32)4-6-23/h8,13-15,27,32H,1-7,9-12H2. The summed E-state index contributed by atoms with van der Waals surface area (Å²) in [5, 5.41) is 13.7. The Morgan fingerprint density at radius 3 is 2.73 bits per heavy atom. The molecule has 6 rings (SSSR count). The third-order valence-electron chi connectivity index (χ3n) is 8.02. The lowest BCUT2D eigenvalue weighted by Gasteiger charge is -2.35. The van der Waals surface area contributed by atoms with Crippen LogP contribution in [0.3, 0.4) is 0 Å². The summed E-state index contributed by atoms with van der Waals surface area (Å²) in [4.78, 5) is 13.5. The van der Waals surface area contributed by atoms with Gasteiger partial charge in [-0.2, -0.15) is 9.97 Å². The zero-order chi connectivity index (χ0) is 22.7. The minimum absolute atomic E-state index is 0.0644. The Balaban J connectivity index is 1.36. The van der Waals surface area contributed by atoms with Crippen LogP contribution in [0.1, 0.15) is 38.5 Å². The number of aliphatic hydroxyl groups excluding tert-OH is 1. The first-order chi connectivity index (χ1) is 16.0. The molecule has 0 amide bonds. The number of aromatic nitrogens is 2. The first kappa shape index (κ1) is 21.9. The number of nitrogens with zero attached hydrogens (tertiary/aromatic N) is 4. The van der Waals surface area contributed by atoms with Gasteiger partial charge in [0.25, 0.3) is 0 Å². The van der Waals surface area contributed by atoms with Crippen molar-refractivity contribution in [3.8, 4) is 6.01 Å². The van der Waals surface area contributed by atoms with E-state index in [1.54, 1.807) is 0 Å². The van der Waals surface area contributed by atoms with E-state index < -0.39 is 11.6 Å². The van der Waals surface area contributed by atoms with E-state index >= 15 is 4.39 Å². The summed E-state index contributed by atoms with van der Waals surface area (Å²) in [7, 11) is 0. The number of aliphatic hydroxyl groups is 1. The van der Waals surface area contributed by atoms with Crippen LogP contribution >= 0.6 is 15.9 Å². The molecule has 4 aliphatic heterocycles. The van der Waals surface area contributed by atoms with Crippen LogP contribution in [-0.2, 0) is 0 Å². The number of hydrogen-bond acceptors (Lipinski definition) is 7. The largest absolute Gasteiger partial charge is 0.461 e. The molecule has 178 valence electrons. The van der Waals surface area contributed by atoms with Gasteiger partial charge in [0.2, 0.25) is 0 Å². The zero-order valence-corrected chi connectivity index (χ0v) is 20.0. The van der Waals surface area contributed by atoms with Gasteiger partial charge in [-0.15, -0.1) is 0 Å². The molecule has 33 heavy (non-hydrogen) atoms. The van der Waals surface area contributed by atoms with Crippen molar-refractivity contribution >= 4 is 32.7 Å². The van der Waals surface area contributed by atoms with Crippen LogP contribution in [0.4, 0.5) is 14.6 Å². The molecule has 4 atom stereocenters. The van der Waals surface area contributed by atoms with Crippen LogP contribution in [0.25, 0.3) is 10.9 Å². The molecule has 5 heterocycles. The maximum atomic E-state index is 15.1. The van der Waals surface area contributed by atoms with E-state index in [-0.39, 0.29) is 34.2 Å². The van der Waals surface area contributed by atoms with Crippen molar-refractivity contribution < 1.29 is 18.6 Å². The molecule has 0 aliphatic carbocycles.